The highest BCUT2D eigenvalue weighted by molar-refractivity contribution is 5.85. The number of hydrogen-bond acceptors (Lipinski definition) is 4. The van der Waals surface area contributed by atoms with Gasteiger partial charge in [0.2, 0.25) is 0 Å². The molecule has 0 radical (unpaired) electrons. The number of benzene rings is 1. The first-order valence-corrected chi connectivity index (χ1v) is 8.28. The second-order valence-electron chi connectivity index (χ2n) is 6.15. The largest absolute Gasteiger partial charge is 0.484 e. The monoisotopic (exact) mass is 352 g/mol. The van der Waals surface area contributed by atoms with Crippen molar-refractivity contribution in [2.24, 2.45) is 0 Å². The van der Waals surface area contributed by atoms with Crippen molar-refractivity contribution >= 4 is 29.3 Å². The van der Waals surface area contributed by atoms with E-state index < -0.39 is 0 Å². The zero-order valence-corrected chi connectivity index (χ0v) is 15.0. The SMILES string of the molecule is CNC(C)CNC(=O)COc1ccc2oc3c(c2c1)CCCC3.Cl. The molecule has 3 rings (SSSR count). The van der Waals surface area contributed by atoms with E-state index in [1.165, 1.54) is 18.4 Å². The van der Waals surface area contributed by atoms with Crippen LogP contribution in [0.3, 0.4) is 0 Å². The lowest BCUT2D eigenvalue weighted by molar-refractivity contribution is -0.123. The maximum atomic E-state index is 11.8. The summed E-state index contributed by atoms with van der Waals surface area (Å²) in [7, 11) is 1.87. The second-order valence-corrected chi connectivity index (χ2v) is 6.15. The summed E-state index contributed by atoms with van der Waals surface area (Å²) >= 11 is 0. The van der Waals surface area contributed by atoms with Gasteiger partial charge in [0.1, 0.15) is 17.1 Å². The lowest BCUT2D eigenvalue weighted by atomic mass is 9.96. The number of halogens is 1. The molecule has 1 aliphatic carbocycles. The fourth-order valence-corrected chi connectivity index (χ4v) is 2.90. The summed E-state index contributed by atoms with van der Waals surface area (Å²) < 4.78 is 11.5. The number of likely N-dealkylation sites (N-methyl/N-ethyl adjacent to an activating group) is 1. The summed E-state index contributed by atoms with van der Waals surface area (Å²) in [5.74, 6) is 1.71. The Morgan fingerprint density at radius 1 is 1.33 bits per heavy atom. The molecular formula is C18H25ClN2O3. The third kappa shape index (κ3) is 4.22. The van der Waals surface area contributed by atoms with Crippen LogP contribution in [0.4, 0.5) is 0 Å². The van der Waals surface area contributed by atoms with Gasteiger partial charge in [-0.05, 0) is 51.4 Å². The minimum Gasteiger partial charge on any atom is -0.484 e. The number of fused-ring (bicyclic) bond motifs is 3. The molecule has 2 aromatic rings. The quantitative estimate of drug-likeness (QED) is 0.839. The van der Waals surface area contributed by atoms with E-state index in [4.69, 9.17) is 9.15 Å². The Morgan fingerprint density at radius 3 is 2.92 bits per heavy atom. The maximum absolute atomic E-state index is 11.8. The molecule has 1 aliphatic rings. The van der Waals surface area contributed by atoms with Crippen molar-refractivity contribution in [3.05, 3.63) is 29.5 Å². The summed E-state index contributed by atoms with van der Waals surface area (Å²) in [4.78, 5) is 11.8. The molecule has 1 amide bonds. The average molecular weight is 353 g/mol. The van der Waals surface area contributed by atoms with E-state index in [0.717, 1.165) is 29.6 Å². The van der Waals surface area contributed by atoms with Crippen LogP contribution in [0, 0.1) is 0 Å². The molecule has 1 unspecified atom stereocenters. The van der Waals surface area contributed by atoms with Crippen molar-refractivity contribution in [3.8, 4) is 5.75 Å². The fourth-order valence-electron chi connectivity index (χ4n) is 2.90. The lowest BCUT2D eigenvalue weighted by Crippen LogP contribution is -2.39. The van der Waals surface area contributed by atoms with Gasteiger partial charge >= 0.3 is 0 Å². The molecular weight excluding hydrogens is 328 g/mol. The number of aryl methyl sites for hydroxylation is 2. The number of ether oxygens (including phenoxy) is 1. The number of amides is 1. The second kappa shape index (κ2) is 8.40. The molecule has 1 aromatic heterocycles. The van der Waals surface area contributed by atoms with Gasteiger partial charge in [-0.3, -0.25) is 4.79 Å². The zero-order chi connectivity index (χ0) is 16.2. The molecule has 5 nitrogen and oxygen atoms in total. The van der Waals surface area contributed by atoms with E-state index in [1.807, 2.05) is 32.2 Å². The summed E-state index contributed by atoms with van der Waals surface area (Å²) in [6.07, 6.45) is 4.49. The molecule has 0 saturated carbocycles. The van der Waals surface area contributed by atoms with E-state index in [-0.39, 0.29) is 31.0 Å². The zero-order valence-electron chi connectivity index (χ0n) is 14.2. The first kappa shape index (κ1) is 18.6. The Bertz CT molecular complexity index is 699. The predicted molar refractivity (Wildman–Crippen MR) is 97.1 cm³/mol. The third-order valence-corrected chi connectivity index (χ3v) is 4.39. The van der Waals surface area contributed by atoms with Crippen molar-refractivity contribution in [1.29, 1.82) is 0 Å². The Balaban J connectivity index is 0.00000208. The molecule has 0 bridgehead atoms. The highest BCUT2D eigenvalue weighted by Crippen LogP contribution is 2.33. The Hall–Kier alpha value is -1.72. The minimum absolute atomic E-state index is 0. The van der Waals surface area contributed by atoms with Crippen LogP contribution in [-0.2, 0) is 17.6 Å². The van der Waals surface area contributed by atoms with Gasteiger partial charge in [-0.25, -0.2) is 0 Å². The van der Waals surface area contributed by atoms with Gasteiger partial charge < -0.3 is 19.8 Å². The van der Waals surface area contributed by atoms with Crippen LogP contribution in [-0.4, -0.2) is 32.1 Å². The van der Waals surface area contributed by atoms with E-state index >= 15 is 0 Å². The summed E-state index contributed by atoms with van der Waals surface area (Å²) in [6.45, 7) is 2.63. The molecule has 0 saturated heterocycles. The van der Waals surface area contributed by atoms with Crippen LogP contribution in [0.1, 0.15) is 31.1 Å². The summed E-state index contributed by atoms with van der Waals surface area (Å²) in [5, 5.41) is 7.04. The molecule has 0 aliphatic heterocycles. The van der Waals surface area contributed by atoms with Gasteiger partial charge in [-0.15, -0.1) is 12.4 Å². The van der Waals surface area contributed by atoms with Crippen molar-refractivity contribution in [1.82, 2.24) is 10.6 Å². The highest BCUT2D eigenvalue weighted by Gasteiger charge is 2.18. The van der Waals surface area contributed by atoms with Gasteiger partial charge in [0.05, 0.1) is 0 Å². The predicted octanol–water partition coefficient (Wildman–Crippen LogP) is 2.84. The molecule has 0 fully saturated rings. The van der Waals surface area contributed by atoms with E-state index in [9.17, 15) is 4.79 Å². The van der Waals surface area contributed by atoms with E-state index in [0.29, 0.717) is 12.3 Å². The van der Waals surface area contributed by atoms with E-state index in [2.05, 4.69) is 10.6 Å². The fraction of sp³-hybridized carbons (Fsp3) is 0.500. The van der Waals surface area contributed by atoms with Crippen molar-refractivity contribution < 1.29 is 13.9 Å². The normalized spacial score (nSPS) is 14.6. The summed E-state index contributed by atoms with van der Waals surface area (Å²) in [6, 6.07) is 6.03. The van der Waals surface area contributed by atoms with Gasteiger partial charge in [0.25, 0.3) is 5.91 Å². The first-order chi connectivity index (χ1) is 11.2. The number of hydrogen-bond donors (Lipinski definition) is 2. The standard InChI is InChI=1S/C18H24N2O3.ClH/c1-12(19-2)10-20-18(21)11-22-13-7-8-17-15(9-13)14-5-3-4-6-16(14)23-17;/h7-9,12,19H,3-6,10-11H2,1-2H3,(H,20,21);1H. The topological polar surface area (TPSA) is 63.5 Å². The molecule has 1 atom stereocenters. The van der Waals surface area contributed by atoms with Gasteiger partial charge in [-0.1, -0.05) is 0 Å². The molecule has 2 N–H and O–H groups in total. The minimum atomic E-state index is -0.110. The number of carbonyl (C=O) groups is 1. The smallest absolute Gasteiger partial charge is 0.257 e. The Labute approximate surface area is 148 Å². The number of rotatable bonds is 6. The van der Waals surface area contributed by atoms with Gasteiger partial charge in [0, 0.05) is 30.0 Å². The molecule has 132 valence electrons. The average Bonchev–Trinajstić information content (AvgIpc) is 2.95. The van der Waals surface area contributed by atoms with Crippen LogP contribution >= 0.6 is 12.4 Å². The number of furan rings is 1. The van der Waals surface area contributed by atoms with Gasteiger partial charge in [0.15, 0.2) is 6.61 Å². The van der Waals surface area contributed by atoms with Crippen LogP contribution in [0.25, 0.3) is 11.0 Å². The van der Waals surface area contributed by atoms with Gasteiger partial charge in [-0.2, -0.15) is 0 Å². The molecule has 1 heterocycles. The van der Waals surface area contributed by atoms with Crippen LogP contribution in [0.5, 0.6) is 5.75 Å². The van der Waals surface area contributed by atoms with Crippen molar-refractivity contribution in [2.75, 3.05) is 20.2 Å². The van der Waals surface area contributed by atoms with Crippen LogP contribution in [0.15, 0.2) is 22.6 Å². The number of nitrogens with one attached hydrogen (secondary N) is 2. The van der Waals surface area contributed by atoms with Crippen LogP contribution in [0.2, 0.25) is 0 Å². The Morgan fingerprint density at radius 2 is 2.12 bits per heavy atom. The Kier molecular flexibility index (Phi) is 6.52. The number of carbonyl (C=O) groups excluding carboxylic acids is 1. The van der Waals surface area contributed by atoms with Crippen molar-refractivity contribution in [3.63, 3.8) is 0 Å². The molecule has 0 spiro atoms. The molecule has 6 heteroatoms. The van der Waals surface area contributed by atoms with Crippen molar-refractivity contribution in [2.45, 2.75) is 38.6 Å². The molecule has 24 heavy (non-hydrogen) atoms. The molecule has 1 aromatic carbocycles. The van der Waals surface area contributed by atoms with Crippen LogP contribution < -0.4 is 15.4 Å². The summed E-state index contributed by atoms with van der Waals surface area (Å²) in [5.41, 5.74) is 2.22. The lowest BCUT2D eigenvalue weighted by Gasteiger charge is -2.12. The maximum Gasteiger partial charge on any atom is 0.257 e. The van der Waals surface area contributed by atoms with E-state index in [1.54, 1.807) is 0 Å². The third-order valence-electron chi connectivity index (χ3n) is 4.39. The first-order valence-electron chi connectivity index (χ1n) is 8.28. The highest BCUT2D eigenvalue weighted by atomic mass is 35.5.